The van der Waals surface area contributed by atoms with Crippen molar-refractivity contribution < 1.29 is 54.0 Å². The van der Waals surface area contributed by atoms with Gasteiger partial charge >= 0.3 is 5.97 Å². The first-order valence-electron chi connectivity index (χ1n) is 10.6. The Morgan fingerprint density at radius 3 is 2.40 bits per heavy atom. The van der Waals surface area contributed by atoms with Gasteiger partial charge in [0, 0.05) is 6.08 Å². The Bertz CT molecular complexity index is 1040. The van der Waals surface area contributed by atoms with Crippen LogP contribution in [-0.2, 0) is 20.9 Å². The molecule has 5 atom stereocenters. The van der Waals surface area contributed by atoms with Crippen molar-refractivity contribution >= 4 is 12.0 Å². The van der Waals surface area contributed by atoms with Gasteiger partial charge in [-0.15, -0.1) is 0 Å². The van der Waals surface area contributed by atoms with E-state index in [-0.39, 0.29) is 29.6 Å². The third-order valence-electron chi connectivity index (χ3n) is 5.33. The second-order valence-electron chi connectivity index (χ2n) is 7.67. The number of methoxy groups -OCH3 is 2. The summed E-state index contributed by atoms with van der Waals surface area (Å²) in [5, 5.41) is 49.7. The first kappa shape index (κ1) is 26.3. The monoisotopic (exact) mass is 492 g/mol. The Kier molecular flexibility index (Phi) is 8.90. The molecular weight excluding hydrogens is 464 g/mol. The lowest BCUT2D eigenvalue weighted by molar-refractivity contribution is -0.278. The number of ether oxygens (including phenoxy) is 5. The lowest BCUT2D eigenvalue weighted by Crippen LogP contribution is -2.60. The zero-order chi connectivity index (χ0) is 25.5. The maximum Gasteiger partial charge on any atom is 0.330 e. The van der Waals surface area contributed by atoms with Crippen LogP contribution in [0.25, 0.3) is 6.08 Å². The number of aliphatic hydroxyl groups excluding tert-OH is 4. The molecule has 11 heteroatoms. The summed E-state index contributed by atoms with van der Waals surface area (Å²) in [6.07, 6.45) is -4.84. The molecule has 0 saturated carbocycles. The summed E-state index contributed by atoms with van der Waals surface area (Å²) >= 11 is 0. The van der Waals surface area contributed by atoms with Gasteiger partial charge in [-0.1, -0.05) is 12.1 Å². The number of aliphatic hydroxyl groups is 4. The highest BCUT2D eigenvalue weighted by molar-refractivity contribution is 5.87. The van der Waals surface area contributed by atoms with E-state index < -0.39 is 43.3 Å². The SMILES string of the molecule is COc1cc(C=CC(=O)OCC2OC(Oc3ccc(CO)cc3OC)C(O)C(O)C2O)ccc1O. The number of esters is 1. The van der Waals surface area contributed by atoms with Gasteiger partial charge in [0.05, 0.1) is 20.8 Å². The molecule has 0 bridgehead atoms. The summed E-state index contributed by atoms with van der Waals surface area (Å²) in [5.41, 5.74) is 1.14. The molecule has 11 nitrogen and oxygen atoms in total. The highest BCUT2D eigenvalue weighted by Gasteiger charge is 2.45. The number of hydrogen-bond donors (Lipinski definition) is 5. The molecule has 3 rings (SSSR count). The van der Waals surface area contributed by atoms with Gasteiger partial charge in [0.25, 0.3) is 0 Å². The molecule has 1 fully saturated rings. The van der Waals surface area contributed by atoms with Gasteiger partial charge in [-0.3, -0.25) is 0 Å². The summed E-state index contributed by atoms with van der Waals surface area (Å²) in [5.74, 6) is -0.143. The third kappa shape index (κ3) is 6.41. The van der Waals surface area contributed by atoms with Crippen LogP contribution < -0.4 is 14.2 Å². The quantitative estimate of drug-likeness (QED) is 0.242. The number of benzene rings is 2. The molecule has 0 spiro atoms. The molecule has 2 aromatic rings. The Labute approximate surface area is 201 Å². The van der Waals surface area contributed by atoms with Gasteiger partial charge in [0.2, 0.25) is 6.29 Å². The average molecular weight is 492 g/mol. The van der Waals surface area contributed by atoms with Crippen LogP contribution in [0.15, 0.2) is 42.5 Å². The van der Waals surface area contributed by atoms with E-state index in [1.807, 2.05) is 0 Å². The molecule has 190 valence electrons. The number of aromatic hydroxyl groups is 1. The van der Waals surface area contributed by atoms with Gasteiger partial charge in [0.1, 0.15) is 31.0 Å². The topological polar surface area (TPSA) is 164 Å². The molecule has 1 aliphatic rings. The Morgan fingerprint density at radius 2 is 1.71 bits per heavy atom. The zero-order valence-corrected chi connectivity index (χ0v) is 19.1. The van der Waals surface area contributed by atoms with Crippen LogP contribution in [0, 0.1) is 0 Å². The fourth-order valence-electron chi connectivity index (χ4n) is 3.36. The van der Waals surface area contributed by atoms with E-state index in [1.54, 1.807) is 12.1 Å². The fourth-order valence-corrected chi connectivity index (χ4v) is 3.36. The maximum atomic E-state index is 12.1. The summed E-state index contributed by atoms with van der Waals surface area (Å²) < 4.78 is 26.6. The molecule has 5 N–H and O–H groups in total. The molecule has 0 radical (unpaired) electrons. The van der Waals surface area contributed by atoms with Gasteiger partial charge in [0.15, 0.2) is 23.0 Å². The van der Waals surface area contributed by atoms with E-state index in [4.69, 9.17) is 23.7 Å². The first-order chi connectivity index (χ1) is 16.8. The highest BCUT2D eigenvalue weighted by atomic mass is 16.7. The largest absolute Gasteiger partial charge is 0.504 e. The third-order valence-corrected chi connectivity index (χ3v) is 5.33. The average Bonchev–Trinajstić information content (AvgIpc) is 2.87. The Balaban J connectivity index is 1.63. The lowest BCUT2D eigenvalue weighted by atomic mass is 9.99. The number of hydrogen-bond acceptors (Lipinski definition) is 11. The van der Waals surface area contributed by atoms with Crippen LogP contribution >= 0.6 is 0 Å². The van der Waals surface area contributed by atoms with Gasteiger partial charge < -0.3 is 49.2 Å². The second-order valence-corrected chi connectivity index (χ2v) is 7.67. The van der Waals surface area contributed by atoms with Crippen LogP contribution in [0.1, 0.15) is 11.1 Å². The van der Waals surface area contributed by atoms with Crippen molar-refractivity contribution in [3.8, 4) is 23.0 Å². The van der Waals surface area contributed by atoms with Crippen molar-refractivity contribution in [1.82, 2.24) is 0 Å². The van der Waals surface area contributed by atoms with Crippen molar-refractivity contribution in [3.05, 3.63) is 53.6 Å². The summed E-state index contributed by atoms with van der Waals surface area (Å²) in [6.45, 7) is -0.653. The number of carbonyl (C=O) groups is 1. The van der Waals surface area contributed by atoms with E-state index in [1.165, 1.54) is 44.6 Å². The molecule has 0 amide bonds. The molecule has 0 aliphatic carbocycles. The van der Waals surface area contributed by atoms with Gasteiger partial charge in [-0.05, 0) is 41.5 Å². The summed E-state index contributed by atoms with van der Waals surface area (Å²) in [4.78, 5) is 12.1. The molecule has 2 aromatic carbocycles. The smallest absolute Gasteiger partial charge is 0.330 e. The van der Waals surface area contributed by atoms with Crippen LogP contribution in [0.5, 0.6) is 23.0 Å². The predicted molar refractivity (Wildman–Crippen MR) is 121 cm³/mol. The summed E-state index contributed by atoms with van der Waals surface area (Å²) in [6, 6.07) is 9.11. The maximum absolute atomic E-state index is 12.1. The normalized spacial score (nSPS) is 24.2. The van der Waals surface area contributed by atoms with Crippen molar-refractivity contribution in [1.29, 1.82) is 0 Å². The van der Waals surface area contributed by atoms with Crippen molar-refractivity contribution in [2.24, 2.45) is 0 Å². The van der Waals surface area contributed by atoms with E-state index in [2.05, 4.69) is 0 Å². The van der Waals surface area contributed by atoms with E-state index in [0.717, 1.165) is 6.08 Å². The minimum absolute atomic E-state index is 0.0462. The number of phenolic OH excluding ortho intramolecular Hbond substituents is 1. The highest BCUT2D eigenvalue weighted by Crippen LogP contribution is 2.32. The molecule has 1 saturated heterocycles. The van der Waals surface area contributed by atoms with Crippen LogP contribution in [0.2, 0.25) is 0 Å². The zero-order valence-electron chi connectivity index (χ0n) is 19.1. The van der Waals surface area contributed by atoms with E-state index in [0.29, 0.717) is 11.1 Å². The predicted octanol–water partition coefficient (Wildman–Crippen LogP) is 0.345. The first-order valence-corrected chi connectivity index (χ1v) is 10.6. The fraction of sp³-hybridized carbons (Fsp3) is 0.375. The minimum atomic E-state index is -1.64. The van der Waals surface area contributed by atoms with Gasteiger partial charge in [-0.25, -0.2) is 4.79 Å². The van der Waals surface area contributed by atoms with E-state index >= 15 is 0 Å². The number of rotatable bonds is 9. The van der Waals surface area contributed by atoms with Gasteiger partial charge in [-0.2, -0.15) is 0 Å². The van der Waals surface area contributed by atoms with E-state index in [9.17, 15) is 30.3 Å². The van der Waals surface area contributed by atoms with Crippen LogP contribution in [0.3, 0.4) is 0 Å². The minimum Gasteiger partial charge on any atom is -0.504 e. The molecule has 35 heavy (non-hydrogen) atoms. The molecule has 0 aromatic heterocycles. The van der Waals surface area contributed by atoms with Crippen molar-refractivity contribution in [3.63, 3.8) is 0 Å². The van der Waals surface area contributed by atoms with Crippen molar-refractivity contribution in [2.75, 3.05) is 20.8 Å². The Morgan fingerprint density at radius 1 is 0.971 bits per heavy atom. The molecule has 5 unspecified atom stereocenters. The number of phenols is 1. The number of carbonyl (C=O) groups excluding carboxylic acids is 1. The standard InChI is InChI=1S/C24H28O11/c1-31-17-9-13(3-6-15(17)26)5-8-20(27)33-12-19-21(28)22(29)23(30)24(35-19)34-16-7-4-14(11-25)10-18(16)32-2/h3-10,19,21-26,28-30H,11-12H2,1-2H3. The molecule has 1 heterocycles. The van der Waals surface area contributed by atoms with Crippen LogP contribution in [-0.4, -0.2) is 83.0 Å². The van der Waals surface area contributed by atoms with Crippen LogP contribution in [0.4, 0.5) is 0 Å². The molecule has 1 aliphatic heterocycles. The Hall–Kier alpha value is -3.35. The molecular formula is C24H28O11. The lowest BCUT2D eigenvalue weighted by Gasteiger charge is -2.40. The van der Waals surface area contributed by atoms with Crippen molar-refractivity contribution in [2.45, 2.75) is 37.3 Å². The second kappa shape index (κ2) is 11.9. The summed E-state index contributed by atoms with van der Waals surface area (Å²) in [7, 11) is 2.79.